The van der Waals surface area contributed by atoms with Crippen LogP contribution in [-0.2, 0) is 21.5 Å². The van der Waals surface area contributed by atoms with Gasteiger partial charge in [0.05, 0.1) is 22.8 Å². The van der Waals surface area contributed by atoms with Crippen LogP contribution in [0.4, 0.5) is 0 Å². The third kappa shape index (κ3) is 3.18. The van der Waals surface area contributed by atoms with Crippen LogP contribution < -0.4 is 0 Å². The van der Waals surface area contributed by atoms with Gasteiger partial charge in [-0.2, -0.15) is 0 Å². The third-order valence-corrected chi connectivity index (χ3v) is 6.57. The van der Waals surface area contributed by atoms with Crippen LogP contribution in [0.2, 0.25) is 0 Å². The zero-order chi connectivity index (χ0) is 18.0. The molecule has 1 aromatic rings. The Labute approximate surface area is 153 Å². The van der Waals surface area contributed by atoms with Crippen molar-refractivity contribution in [3.05, 3.63) is 17.7 Å². The van der Waals surface area contributed by atoms with Gasteiger partial charge in [-0.25, -0.2) is 4.98 Å². The van der Waals surface area contributed by atoms with Crippen LogP contribution in [0.5, 0.6) is 0 Å². The first kappa shape index (κ1) is 18.3. The number of aromatic amines is 1. The Morgan fingerprint density at radius 1 is 1.32 bits per heavy atom. The monoisotopic (exact) mass is 364 g/mol. The van der Waals surface area contributed by atoms with Crippen LogP contribution in [0, 0.1) is 0 Å². The largest absolute Gasteiger partial charge is 0.348 e. The Balaban J connectivity index is 1.81. The molecular weight excluding hydrogens is 336 g/mol. The van der Waals surface area contributed by atoms with E-state index in [1.165, 1.54) is 0 Å². The molecule has 1 unspecified atom stereocenters. The minimum absolute atomic E-state index is 0.000253. The molecule has 25 heavy (non-hydrogen) atoms. The minimum Gasteiger partial charge on any atom is -0.348 e. The first-order valence-corrected chi connectivity index (χ1v) is 10.3. The fraction of sp³-hybridized carbons (Fsp3) is 0.722. The van der Waals surface area contributed by atoms with Crippen molar-refractivity contribution in [2.24, 2.45) is 0 Å². The molecule has 1 aromatic heterocycles. The van der Waals surface area contributed by atoms with E-state index < -0.39 is 0 Å². The maximum absolute atomic E-state index is 12.6. The van der Waals surface area contributed by atoms with Gasteiger partial charge in [-0.05, 0) is 25.5 Å². The number of fused-ring (bicyclic) bond motifs is 2. The van der Waals surface area contributed by atoms with Crippen molar-refractivity contribution in [1.29, 1.82) is 0 Å². The summed E-state index contributed by atoms with van der Waals surface area (Å²) < 4.78 is 0. The number of nitrogens with zero attached hydrogens (tertiary/aromatic N) is 3. The van der Waals surface area contributed by atoms with Crippen molar-refractivity contribution in [3.8, 4) is 0 Å². The molecule has 138 valence electrons. The van der Waals surface area contributed by atoms with Crippen molar-refractivity contribution in [2.75, 3.05) is 25.4 Å². The number of hydrogen-bond acceptors (Lipinski definition) is 4. The molecule has 2 aliphatic heterocycles. The van der Waals surface area contributed by atoms with Crippen molar-refractivity contribution in [3.63, 3.8) is 0 Å². The summed E-state index contributed by atoms with van der Waals surface area (Å²) in [5.41, 5.74) is 1.82. The Kier molecular flexibility index (Phi) is 5.41. The molecule has 1 fully saturated rings. The van der Waals surface area contributed by atoms with Crippen molar-refractivity contribution in [1.82, 2.24) is 19.8 Å². The number of carbonyl (C=O) groups excluding carboxylic acids is 2. The molecule has 6 nitrogen and oxygen atoms in total. The van der Waals surface area contributed by atoms with Gasteiger partial charge in [-0.1, -0.05) is 13.8 Å². The SMILES string of the molecule is CCSC(C)C(=O)N1CCC2(CC1)c1nc[nH]c1CCN2C(=O)CC. The van der Waals surface area contributed by atoms with Gasteiger partial charge in [0.2, 0.25) is 11.8 Å². The van der Waals surface area contributed by atoms with E-state index in [2.05, 4.69) is 16.9 Å². The molecule has 0 aromatic carbocycles. The lowest BCUT2D eigenvalue weighted by Crippen LogP contribution is -2.59. The molecule has 2 aliphatic rings. The van der Waals surface area contributed by atoms with Crippen LogP contribution in [0.1, 0.15) is 51.4 Å². The zero-order valence-corrected chi connectivity index (χ0v) is 16.2. The molecule has 3 rings (SSSR count). The molecule has 1 N–H and O–H groups in total. The van der Waals surface area contributed by atoms with E-state index in [0.717, 1.165) is 42.9 Å². The number of nitrogens with one attached hydrogen (secondary N) is 1. The van der Waals surface area contributed by atoms with Gasteiger partial charge in [0.1, 0.15) is 0 Å². The number of rotatable bonds is 4. The molecule has 7 heteroatoms. The fourth-order valence-electron chi connectivity index (χ4n) is 4.21. The van der Waals surface area contributed by atoms with E-state index in [0.29, 0.717) is 19.5 Å². The van der Waals surface area contributed by atoms with Crippen LogP contribution in [0.3, 0.4) is 0 Å². The second kappa shape index (κ2) is 7.40. The summed E-state index contributed by atoms with van der Waals surface area (Å²) in [6.07, 6.45) is 4.62. The summed E-state index contributed by atoms with van der Waals surface area (Å²) in [6, 6.07) is 0. The molecule has 0 bridgehead atoms. The van der Waals surface area contributed by atoms with Gasteiger partial charge < -0.3 is 14.8 Å². The summed E-state index contributed by atoms with van der Waals surface area (Å²) in [5.74, 6) is 1.34. The molecule has 0 saturated carbocycles. The number of piperidine rings is 1. The van der Waals surface area contributed by atoms with E-state index in [1.807, 2.05) is 23.6 Å². The average Bonchev–Trinajstić information content (AvgIpc) is 3.12. The van der Waals surface area contributed by atoms with E-state index in [1.54, 1.807) is 18.1 Å². The normalized spacial score (nSPS) is 20.4. The summed E-state index contributed by atoms with van der Waals surface area (Å²) in [7, 11) is 0. The van der Waals surface area contributed by atoms with E-state index in [-0.39, 0.29) is 22.6 Å². The summed E-state index contributed by atoms with van der Waals surface area (Å²) >= 11 is 1.69. The first-order valence-electron chi connectivity index (χ1n) is 9.27. The zero-order valence-electron chi connectivity index (χ0n) is 15.4. The molecule has 0 radical (unpaired) electrons. The van der Waals surface area contributed by atoms with Crippen LogP contribution in [0.15, 0.2) is 6.33 Å². The molecule has 1 spiro atoms. The maximum atomic E-state index is 12.6. The molecule has 0 aliphatic carbocycles. The molecule has 1 atom stereocenters. The van der Waals surface area contributed by atoms with Gasteiger partial charge in [-0.15, -0.1) is 11.8 Å². The number of carbonyl (C=O) groups is 2. The van der Waals surface area contributed by atoms with Gasteiger partial charge in [-0.3, -0.25) is 9.59 Å². The number of aromatic nitrogens is 2. The minimum atomic E-state index is -0.349. The Bertz CT molecular complexity index is 637. The third-order valence-electron chi connectivity index (χ3n) is 5.53. The Morgan fingerprint density at radius 2 is 2.04 bits per heavy atom. The highest BCUT2D eigenvalue weighted by Gasteiger charge is 2.48. The number of likely N-dealkylation sites (tertiary alicyclic amines) is 1. The van der Waals surface area contributed by atoms with Gasteiger partial charge in [0.25, 0.3) is 0 Å². The van der Waals surface area contributed by atoms with E-state index in [9.17, 15) is 9.59 Å². The Morgan fingerprint density at radius 3 is 2.68 bits per heavy atom. The molecule has 1 saturated heterocycles. The smallest absolute Gasteiger partial charge is 0.235 e. The summed E-state index contributed by atoms with van der Waals surface area (Å²) in [5, 5.41) is -0.000253. The molecular formula is C18H28N4O2S. The second-order valence-electron chi connectivity index (χ2n) is 6.83. The summed E-state index contributed by atoms with van der Waals surface area (Å²) in [4.78, 5) is 37.0. The van der Waals surface area contributed by atoms with Crippen LogP contribution in [0.25, 0.3) is 0 Å². The Hall–Kier alpha value is -1.50. The predicted octanol–water partition coefficient (Wildman–Crippen LogP) is 2.16. The van der Waals surface area contributed by atoms with E-state index in [4.69, 9.17) is 0 Å². The highest BCUT2D eigenvalue weighted by atomic mass is 32.2. The molecule has 3 heterocycles. The number of imidazole rings is 1. The lowest BCUT2D eigenvalue weighted by Gasteiger charge is -2.50. The van der Waals surface area contributed by atoms with Gasteiger partial charge in [0.15, 0.2) is 0 Å². The van der Waals surface area contributed by atoms with Crippen LogP contribution in [-0.4, -0.2) is 62.2 Å². The maximum Gasteiger partial charge on any atom is 0.235 e. The lowest BCUT2D eigenvalue weighted by atomic mass is 9.78. The second-order valence-corrected chi connectivity index (χ2v) is 8.45. The number of amides is 2. The van der Waals surface area contributed by atoms with Crippen molar-refractivity contribution >= 4 is 23.6 Å². The first-order chi connectivity index (χ1) is 12.0. The highest BCUT2D eigenvalue weighted by Crippen LogP contribution is 2.42. The van der Waals surface area contributed by atoms with Gasteiger partial charge >= 0.3 is 0 Å². The topological polar surface area (TPSA) is 69.3 Å². The van der Waals surface area contributed by atoms with Crippen LogP contribution >= 0.6 is 11.8 Å². The fourth-order valence-corrected chi connectivity index (χ4v) is 5.01. The standard InChI is InChI=1S/C18H28N4O2S/c1-4-15(23)22-9-6-14-16(20-12-19-14)18(22)7-10-21(11-8-18)17(24)13(3)25-5-2/h12-13H,4-11H2,1-3H3,(H,19,20). The molecule has 2 amide bonds. The lowest BCUT2D eigenvalue weighted by molar-refractivity contribution is -0.144. The van der Waals surface area contributed by atoms with E-state index >= 15 is 0 Å². The quantitative estimate of drug-likeness (QED) is 0.889. The number of hydrogen-bond donors (Lipinski definition) is 1. The average molecular weight is 365 g/mol. The number of H-pyrrole nitrogens is 1. The van der Waals surface area contributed by atoms with Crippen molar-refractivity contribution in [2.45, 2.75) is 57.2 Å². The number of thioether (sulfide) groups is 1. The van der Waals surface area contributed by atoms with Gasteiger partial charge in [0, 0.05) is 38.2 Å². The van der Waals surface area contributed by atoms with Crippen molar-refractivity contribution < 1.29 is 9.59 Å². The highest BCUT2D eigenvalue weighted by molar-refractivity contribution is 8.00. The summed E-state index contributed by atoms with van der Waals surface area (Å²) in [6.45, 7) is 8.09. The predicted molar refractivity (Wildman–Crippen MR) is 99.4 cm³/mol.